The second-order valence-corrected chi connectivity index (χ2v) is 15.4. The fourth-order valence-electron chi connectivity index (χ4n) is 9.55. The highest BCUT2D eigenvalue weighted by molar-refractivity contribution is 7.99. The standard InChI is InChI=1S/C51H31NOS/c1-2-15-34-32(13-1)14-11-23-44(34)52(33-27-28-37-36-17-4-8-24-46(36)53-47(37)31-33)45-30-29-38-35-16-3-5-19-40(35)51(43-22-12-18-39(45)50(38)43)41-20-6-9-25-48(41)54-49-26-10-7-21-42(49)51/h1-31H. The van der Waals surface area contributed by atoms with Crippen LogP contribution >= 0.6 is 11.8 Å². The number of hydrogen-bond donors (Lipinski definition) is 0. The Kier molecular flexibility index (Phi) is 6.23. The Morgan fingerprint density at radius 1 is 0.407 bits per heavy atom. The third-order valence-corrected chi connectivity index (χ3v) is 12.9. The van der Waals surface area contributed by atoms with E-state index in [0.29, 0.717) is 0 Å². The molecular formula is C51H31NOS. The van der Waals surface area contributed by atoms with Crippen LogP contribution in [0.15, 0.2) is 202 Å². The molecule has 0 bridgehead atoms. The molecule has 0 radical (unpaired) electrons. The summed E-state index contributed by atoms with van der Waals surface area (Å²) in [6.45, 7) is 0. The molecule has 3 heteroatoms. The van der Waals surface area contributed by atoms with Crippen molar-refractivity contribution in [2.45, 2.75) is 15.2 Å². The Morgan fingerprint density at radius 3 is 1.87 bits per heavy atom. The van der Waals surface area contributed by atoms with E-state index in [2.05, 4.69) is 187 Å². The number of rotatable bonds is 3. The number of para-hydroxylation sites is 1. The summed E-state index contributed by atoms with van der Waals surface area (Å²) in [5.41, 5.74) is 12.5. The highest BCUT2D eigenvalue weighted by Crippen LogP contribution is 2.62. The van der Waals surface area contributed by atoms with E-state index >= 15 is 0 Å². The minimum atomic E-state index is -0.488. The SMILES string of the molecule is c1ccc2c(c1)Sc1ccccc1C21c2ccccc2-c2ccc(N(c3ccc4c(c3)oc3ccccc34)c3cccc4ccccc34)c3cccc1c23. The first-order chi connectivity index (χ1) is 26.8. The van der Waals surface area contributed by atoms with Gasteiger partial charge in [-0.1, -0.05) is 151 Å². The molecule has 2 nitrogen and oxygen atoms in total. The third kappa shape index (κ3) is 3.97. The van der Waals surface area contributed by atoms with Gasteiger partial charge < -0.3 is 9.32 Å². The van der Waals surface area contributed by atoms with Crippen LogP contribution < -0.4 is 4.90 Å². The van der Waals surface area contributed by atoms with Gasteiger partial charge in [-0.2, -0.15) is 0 Å². The number of benzene rings is 9. The molecule has 10 aromatic rings. The van der Waals surface area contributed by atoms with E-state index in [9.17, 15) is 0 Å². The first kappa shape index (κ1) is 30.0. The Balaban J connectivity index is 1.21. The molecule has 0 saturated heterocycles. The molecule has 0 amide bonds. The minimum absolute atomic E-state index is 0.488. The van der Waals surface area contributed by atoms with Crippen molar-refractivity contribution in [1.29, 1.82) is 0 Å². The van der Waals surface area contributed by atoms with Crippen LogP contribution in [0.2, 0.25) is 0 Å². The molecule has 1 spiro atoms. The van der Waals surface area contributed by atoms with E-state index in [1.54, 1.807) is 0 Å². The highest BCUT2D eigenvalue weighted by atomic mass is 32.2. The molecule has 0 fully saturated rings. The largest absolute Gasteiger partial charge is 0.456 e. The van der Waals surface area contributed by atoms with Gasteiger partial charge in [-0.3, -0.25) is 0 Å². The lowest BCUT2D eigenvalue weighted by atomic mass is 9.59. The number of furan rings is 1. The molecule has 54 heavy (non-hydrogen) atoms. The first-order valence-electron chi connectivity index (χ1n) is 18.5. The third-order valence-electron chi connectivity index (χ3n) is 11.7. The molecule has 2 aliphatic rings. The summed E-state index contributed by atoms with van der Waals surface area (Å²) in [5.74, 6) is 0. The van der Waals surface area contributed by atoms with Crippen molar-refractivity contribution in [3.05, 3.63) is 210 Å². The van der Waals surface area contributed by atoms with Crippen LogP contribution in [0.1, 0.15) is 22.3 Å². The summed E-state index contributed by atoms with van der Waals surface area (Å²) in [6, 6.07) is 69.2. The fourth-order valence-corrected chi connectivity index (χ4v) is 10.7. The van der Waals surface area contributed by atoms with E-state index in [1.807, 2.05) is 17.8 Å². The molecule has 2 heterocycles. The van der Waals surface area contributed by atoms with Crippen molar-refractivity contribution in [2.75, 3.05) is 4.90 Å². The summed E-state index contributed by atoms with van der Waals surface area (Å²) in [4.78, 5) is 5.06. The van der Waals surface area contributed by atoms with E-state index in [0.717, 1.165) is 39.0 Å². The Labute approximate surface area is 316 Å². The smallest absolute Gasteiger partial charge is 0.137 e. The van der Waals surface area contributed by atoms with Gasteiger partial charge >= 0.3 is 0 Å². The number of hydrogen-bond acceptors (Lipinski definition) is 3. The molecule has 0 N–H and O–H groups in total. The normalized spacial score (nSPS) is 13.6. The highest BCUT2D eigenvalue weighted by Gasteiger charge is 2.48. The van der Waals surface area contributed by atoms with Crippen LogP contribution in [0.25, 0.3) is 54.6 Å². The summed E-state index contributed by atoms with van der Waals surface area (Å²) in [6.07, 6.45) is 0. The average molecular weight is 706 g/mol. The van der Waals surface area contributed by atoms with Crippen LogP contribution in [0.5, 0.6) is 0 Å². The quantitative estimate of drug-likeness (QED) is 0.182. The summed E-state index contributed by atoms with van der Waals surface area (Å²) in [5, 5.41) is 7.15. The molecule has 1 aliphatic carbocycles. The molecule has 0 saturated carbocycles. The van der Waals surface area contributed by atoms with Crippen molar-refractivity contribution >= 4 is 72.3 Å². The summed E-state index contributed by atoms with van der Waals surface area (Å²) >= 11 is 1.88. The number of anilines is 3. The second kappa shape index (κ2) is 11.2. The maximum absolute atomic E-state index is 6.51. The maximum atomic E-state index is 6.51. The van der Waals surface area contributed by atoms with Gasteiger partial charge in [0.25, 0.3) is 0 Å². The van der Waals surface area contributed by atoms with E-state index in [4.69, 9.17) is 4.42 Å². The predicted octanol–water partition coefficient (Wildman–Crippen LogP) is 14.2. The zero-order chi connectivity index (χ0) is 35.4. The molecule has 0 unspecified atom stereocenters. The van der Waals surface area contributed by atoms with Gasteiger partial charge in [0.05, 0.1) is 16.8 Å². The van der Waals surface area contributed by atoms with Crippen LogP contribution in [-0.4, -0.2) is 0 Å². The molecule has 1 aromatic heterocycles. The minimum Gasteiger partial charge on any atom is -0.456 e. The fraction of sp³-hybridized carbons (Fsp3) is 0.0196. The van der Waals surface area contributed by atoms with Crippen molar-refractivity contribution in [3.8, 4) is 11.1 Å². The van der Waals surface area contributed by atoms with E-state index in [1.165, 1.54) is 64.7 Å². The van der Waals surface area contributed by atoms with Gasteiger partial charge in [0.15, 0.2) is 0 Å². The topological polar surface area (TPSA) is 16.4 Å². The van der Waals surface area contributed by atoms with Gasteiger partial charge in [-0.05, 0) is 86.6 Å². The molecular weight excluding hydrogens is 675 g/mol. The molecule has 0 atom stereocenters. The number of nitrogens with zero attached hydrogens (tertiary/aromatic N) is 1. The maximum Gasteiger partial charge on any atom is 0.137 e. The van der Waals surface area contributed by atoms with Gasteiger partial charge in [-0.15, -0.1) is 0 Å². The monoisotopic (exact) mass is 705 g/mol. The second-order valence-electron chi connectivity index (χ2n) is 14.4. The zero-order valence-corrected chi connectivity index (χ0v) is 30.0. The predicted molar refractivity (Wildman–Crippen MR) is 225 cm³/mol. The van der Waals surface area contributed by atoms with E-state index < -0.39 is 5.41 Å². The van der Waals surface area contributed by atoms with Crippen molar-refractivity contribution in [3.63, 3.8) is 0 Å². The van der Waals surface area contributed by atoms with Crippen molar-refractivity contribution < 1.29 is 4.42 Å². The van der Waals surface area contributed by atoms with Crippen molar-refractivity contribution in [2.24, 2.45) is 0 Å². The Hall–Kier alpha value is -6.55. The van der Waals surface area contributed by atoms with Crippen LogP contribution in [-0.2, 0) is 5.41 Å². The lowest BCUT2D eigenvalue weighted by Crippen LogP contribution is -2.36. The van der Waals surface area contributed by atoms with Crippen molar-refractivity contribution in [1.82, 2.24) is 0 Å². The Morgan fingerprint density at radius 2 is 1.02 bits per heavy atom. The van der Waals surface area contributed by atoms with E-state index in [-0.39, 0.29) is 0 Å². The summed E-state index contributed by atoms with van der Waals surface area (Å²) < 4.78 is 6.51. The zero-order valence-electron chi connectivity index (χ0n) is 29.2. The lowest BCUT2D eigenvalue weighted by Gasteiger charge is -2.46. The molecule has 12 rings (SSSR count). The average Bonchev–Trinajstić information content (AvgIpc) is 3.61. The van der Waals surface area contributed by atoms with Crippen LogP contribution in [0.4, 0.5) is 17.1 Å². The molecule has 252 valence electrons. The Bertz CT molecular complexity index is 3120. The number of fused-ring (bicyclic) bond motifs is 12. The van der Waals surface area contributed by atoms with Gasteiger partial charge in [0.1, 0.15) is 11.2 Å². The van der Waals surface area contributed by atoms with Gasteiger partial charge in [-0.25, -0.2) is 0 Å². The molecule has 9 aromatic carbocycles. The molecule has 1 aliphatic heterocycles. The summed E-state index contributed by atoms with van der Waals surface area (Å²) in [7, 11) is 0. The first-order valence-corrected chi connectivity index (χ1v) is 19.3. The van der Waals surface area contributed by atoms with Gasteiger partial charge in [0.2, 0.25) is 0 Å². The lowest BCUT2D eigenvalue weighted by molar-refractivity contribution is 0.669. The van der Waals surface area contributed by atoms with Gasteiger partial charge in [0, 0.05) is 43.1 Å². The van der Waals surface area contributed by atoms with Crippen LogP contribution in [0.3, 0.4) is 0 Å². The van der Waals surface area contributed by atoms with Crippen LogP contribution in [0, 0.1) is 0 Å².